The van der Waals surface area contributed by atoms with Gasteiger partial charge in [0.25, 0.3) is 11.6 Å². The summed E-state index contributed by atoms with van der Waals surface area (Å²) in [6.45, 7) is 1.53. The minimum Gasteiger partial charge on any atom is -0.267 e. The fourth-order valence-corrected chi connectivity index (χ4v) is 1.74. The Balaban J connectivity index is 2.13. The van der Waals surface area contributed by atoms with Gasteiger partial charge in [0, 0.05) is 24.0 Å². The number of rotatable bonds is 4. The number of hydrogen-bond acceptors (Lipinski definition) is 5. The van der Waals surface area contributed by atoms with Crippen LogP contribution in [0.4, 0.5) is 5.69 Å². The monoisotopic (exact) mass is 284 g/mol. The first-order chi connectivity index (χ1) is 10.1. The SMILES string of the molecule is Cc1c(C(=O)N/N=C\c2ccncc2)cccc1[N+](=O)[O-]. The third-order valence-corrected chi connectivity index (χ3v) is 2.83. The highest BCUT2D eigenvalue weighted by molar-refractivity contribution is 5.97. The van der Waals surface area contributed by atoms with Crippen molar-refractivity contribution in [1.29, 1.82) is 0 Å². The Morgan fingerprint density at radius 3 is 2.71 bits per heavy atom. The van der Waals surface area contributed by atoms with Crippen LogP contribution in [0.5, 0.6) is 0 Å². The van der Waals surface area contributed by atoms with Crippen LogP contribution in [-0.2, 0) is 0 Å². The molecule has 0 unspecified atom stereocenters. The van der Waals surface area contributed by atoms with Crippen molar-refractivity contribution in [3.05, 3.63) is 69.5 Å². The average molecular weight is 284 g/mol. The molecule has 0 aliphatic carbocycles. The molecule has 1 heterocycles. The number of nitrogens with zero attached hydrogens (tertiary/aromatic N) is 3. The van der Waals surface area contributed by atoms with Crippen LogP contribution in [0.15, 0.2) is 47.8 Å². The number of aromatic nitrogens is 1. The first-order valence-corrected chi connectivity index (χ1v) is 6.07. The quantitative estimate of drug-likeness (QED) is 0.528. The number of nitro groups is 1. The largest absolute Gasteiger partial charge is 0.273 e. The Morgan fingerprint density at radius 1 is 1.33 bits per heavy atom. The van der Waals surface area contributed by atoms with Gasteiger partial charge < -0.3 is 0 Å². The molecule has 1 N–H and O–H groups in total. The summed E-state index contributed by atoms with van der Waals surface area (Å²) in [5.74, 6) is -0.499. The van der Waals surface area contributed by atoms with E-state index in [2.05, 4.69) is 15.5 Å². The van der Waals surface area contributed by atoms with Gasteiger partial charge in [0.05, 0.1) is 16.7 Å². The van der Waals surface area contributed by atoms with E-state index in [0.29, 0.717) is 5.56 Å². The number of hydrogen-bond donors (Lipinski definition) is 1. The summed E-state index contributed by atoms with van der Waals surface area (Å²) < 4.78 is 0. The number of nitro benzene ring substituents is 1. The lowest BCUT2D eigenvalue weighted by molar-refractivity contribution is -0.385. The van der Waals surface area contributed by atoms with Crippen molar-refractivity contribution in [1.82, 2.24) is 10.4 Å². The number of nitrogens with one attached hydrogen (secondary N) is 1. The third-order valence-electron chi connectivity index (χ3n) is 2.83. The Morgan fingerprint density at radius 2 is 2.05 bits per heavy atom. The van der Waals surface area contributed by atoms with Gasteiger partial charge in [-0.25, -0.2) is 5.43 Å². The van der Waals surface area contributed by atoms with Gasteiger partial charge in [-0.1, -0.05) is 6.07 Å². The molecule has 1 aromatic carbocycles. The molecule has 106 valence electrons. The highest BCUT2D eigenvalue weighted by Gasteiger charge is 2.17. The van der Waals surface area contributed by atoms with Gasteiger partial charge in [0.1, 0.15) is 0 Å². The minimum absolute atomic E-state index is 0.0965. The van der Waals surface area contributed by atoms with Crippen molar-refractivity contribution in [2.24, 2.45) is 5.10 Å². The van der Waals surface area contributed by atoms with Crippen LogP contribution >= 0.6 is 0 Å². The molecule has 0 aliphatic rings. The van der Waals surface area contributed by atoms with Gasteiger partial charge in [-0.3, -0.25) is 19.9 Å². The smallest absolute Gasteiger partial charge is 0.267 e. The van der Waals surface area contributed by atoms with E-state index in [-0.39, 0.29) is 11.3 Å². The fourth-order valence-electron chi connectivity index (χ4n) is 1.74. The van der Waals surface area contributed by atoms with E-state index >= 15 is 0 Å². The van der Waals surface area contributed by atoms with Crippen LogP contribution in [0.3, 0.4) is 0 Å². The van der Waals surface area contributed by atoms with E-state index in [1.54, 1.807) is 24.5 Å². The summed E-state index contributed by atoms with van der Waals surface area (Å²) in [5, 5.41) is 14.6. The molecule has 2 aromatic rings. The summed E-state index contributed by atoms with van der Waals surface area (Å²) in [6, 6.07) is 7.79. The van der Waals surface area contributed by atoms with E-state index < -0.39 is 10.8 Å². The molecule has 0 atom stereocenters. The van der Waals surface area contributed by atoms with Gasteiger partial charge in [0.15, 0.2) is 0 Å². The van der Waals surface area contributed by atoms with Gasteiger partial charge in [-0.15, -0.1) is 0 Å². The Labute approximate surface area is 120 Å². The molecule has 1 aromatic heterocycles. The molecule has 0 radical (unpaired) electrons. The summed E-state index contributed by atoms with van der Waals surface area (Å²) in [6.07, 6.45) is 4.67. The van der Waals surface area contributed by atoms with E-state index in [9.17, 15) is 14.9 Å². The lowest BCUT2D eigenvalue weighted by Crippen LogP contribution is -2.19. The zero-order chi connectivity index (χ0) is 15.2. The van der Waals surface area contributed by atoms with Crippen molar-refractivity contribution in [2.75, 3.05) is 0 Å². The number of amides is 1. The zero-order valence-corrected chi connectivity index (χ0v) is 11.2. The van der Waals surface area contributed by atoms with Crippen molar-refractivity contribution >= 4 is 17.8 Å². The first kappa shape index (κ1) is 14.3. The molecule has 0 aliphatic heterocycles. The molecular formula is C14H12N4O3. The molecule has 0 saturated carbocycles. The van der Waals surface area contributed by atoms with Crippen LogP contribution in [-0.4, -0.2) is 22.0 Å². The van der Waals surface area contributed by atoms with Crippen molar-refractivity contribution in [3.63, 3.8) is 0 Å². The summed E-state index contributed by atoms with van der Waals surface area (Å²) >= 11 is 0. The summed E-state index contributed by atoms with van der Waals surface area (Å²) in [7, 11) is 0. The second-order valence-corrected chi connectivity index (χ2v) is 4.19. The van der Waals surface area contributed by atoms with E-state index in [0.717, 1.165) is 5.56 Å². The molecule has 0 fully saturated rings. The minimum atomic E-state index is -0.521. The molecule has 7 nitrogen and oxygen atoms in total. The highest BCUT2D eigenvalue weighted by Crippen LogP contribution is 2.20. The van der Waals surface area contributed by atoms with Crippen LogP contribution in [0.2, 0.25) is 0 Å². The maximum atomic E-state index is 12.0. The van der Waals surface area contributed by atoms with Crippen LogP contribution in [0.1, 0.15) is 21.5 Å². The Hall–Kier alpha value is -3.09. The standard InChI is InChI=1S/C14H12N4O3/c1-10-12(3-2-4-13(10)18(20)21)14(19)17-16-9-11-5-7-15-8-6-11/h2-9H,1H3,(H,17,19)/b16-9-. The maximum Gasteiger partial charge on any atom is 0.273 e. The summed E-state index contributed by atoms with van der Waals surface area (Å²) in [4.78, 5) is 26.1. The fraction of sp³-hybridized carbons (Fsp3) is 0.0714. The van der Waals surface area contributed by atoms with Gasteiger partial charge >= 0.3 is 0 Å². The average Bonchev–Trinajstić information content (AvgIpc) is 2.48. The zero-order valence-electron chi connectivity index (χ0n) is 11.2. The van der Waals surface area contributed by atoms with Crippen LogP contribution in [0, 0.1) is 17.0 Å². The van der Waals surface area contributed by atoms with Crippen LogP contribution in [0.25, 0.3) is 0 Å². The molecule has 2 rings (SSSR count). The van der Waals surface area contributed by atoms with Gasteiger partial charge in [0.2, 0.25) is 0 Å². The normalized spacial score (nSPS) is 10.5. The van der Waals surface area contributed by atoms with Crippen molar-refractivity contribution < 1.29 is 9.72 Å². The highest BCUT2D eigenvalue weighted by atomic mass is 16.6. The third kappa shape index (κ3) is 3.47. The molecule has 0 spiro atoms. The molecule has 21 heavy (non-hydrogen) atoms. The number of carbonyl (C=O) groups is 1. The number of hydrazone groups is 1. The second kappa shape index (κ2) is 6.38. The number of pyridine rings is 1. The predicted octanol–water partition coefficient (Wildman–Crippen LogP) is 2.06. The molecule has 0 saturated heterocycles. The lowest BCUT2D eigenvalue weighted by atomic mass is 10.1. The Kier molecular flexibility index (Phi) is 4.35. The lowest BCUT2D eigenvalue weighted by Gasteiger charge is -2.04. The topological polar surface area (TPSA) is 97.5 Å². The number of benzene rings is 1. The van der Waals surface area contributed by atoms with Crippen molar-refractivity contribution in [3.8, 4) is 0 Å². The number of carbonyl (C=O) groups excluding carboxylic acids is 1. The van der Waals surface area contributed by atoms with Crippen LogP contribution < -0.4 is 5.43 Å². The molecule has 7 heteroatoms. The first-order valence-electron chi connectivity index (χ1n) is 6.07. The predicted molar refractivity (Wildman–Crippen MR) is 77.1 cm³/mol. The molecule has 0 bridgehead atoms. The van der Waals surface area contributed by atoms with E-state index in [4.69, 9.17) is 0 Å². The van der Waals surface area contributed by atoms with E-state index in [1.807, 2.05) is 0 Å². The Bertz CT molecular complexity index is 699. The molecule has 1 amide bonds. The van der Waals surface area contributed by atoms with E-state index in [1.165, 1.54) is 31.3 Å². The molecular weight excluding hydrogens is 272 g/mol. The van der Waals surface area contributed by atoms with Crippen molar-refractivity contribution in [2.45, 2.75) is 6.92 Å². The second-order valence-electron chi connectivity index (χ2n) is 4.19. The van der Waals surface area contributed by atoms with Gasteiger partial charge in [-0.2, -0.15) is 5.10 Å². The van der Waals surface area contributed by atoms with Gasteiger partial charge in [-0.05, 0) is 30.7 Å². The summed E-state index contributed by atoms with van der Waals surface area (Å²) in [5.41, 5.74) is 3.55. The maximum absolute atomic E-state index is 12.0.